The zero-order valence-electron chi connectivity index (χ0n) is 16.6. The molecular weight excluding hydrogens is 352 g/mol. The van der Waals surface area contributed by atoms with E-state index in [0.717, 1.165) is 18.7 Å². The quantitative estimate of drug-likeness (QED) is 0.809. The molecule has 0 radical (unpaired) electrons. The minimum absolute atomic E-state index is 0.0141. The highest BCUT2D eigenvalue weighted by atomic mass is 16.1. The molecule has 2 heterocycles. The fraction of sp³-hybridized carbons (Fsp3) is 0.381. The molecule has 1 aliphatic rings. The molecule has 1 aliphatic heterocycles. The Labute approximate surface area is 165 Å². The molecule has 28 heavy (non-hydrogen) atoms. The number of carbonyl (C=O) groups excluding carboxylic acids is 1. The van der Waals surface area contributed by atoms with Gasteiger partial charge >= 0.3 is 0 Å². The van der Waals surface area contributed by atoms with E-state index in [-0.39, 0.29) is 17.5 Å². The predicted octanol–water partition coefficient (Wildman–Crippen LogP) is 3.24. The first-order chi connectivity index (χ1) is 13.4. The molecule has 0 saturated heterocycles. The SMILES string of the molecule is C/C(=N\c1c(C)ncnc1N1CCc2ccccc21)C(=O)N[C@H](C#N)C(C)C. The molecule has 1 atom stereocenters. The molecule has 0 bridgehead atoms. The van der Waals surface area contributed by atoms with Gasteiger partial charge in [0.1, 0.15) is 23.8 Å². The second kappa shape index (κ2) is 8.17. The molecular formula is C21H24N6O. The van der Waals surface area contributed by atoms with Gasteiger partial charge in [-0.3, -0.25) is 4.79 Å². The van der Waals surface area contributed by atoms with Crippen molar-refractivity contribution < 1.29 is 4.79 Å². The highest BCUT2D eigenvalue weighted by Gasteiger charge is 2.25. The summed E-state index contributed by atoms with van der Waals surface area (Å²) in [6.45, 7) is 8.06. The maximum atomic E-state index is 12.5. The van der Waals surface area contributed by atoms with Gasteiger partial charge in [0.25, 0.3) is 5.91 Å². The minimum atomic E-state index is -0.560. The van der Waals surface area contributed by atoms with Crippen LogP contribution in [0.4, 0.5) is 17.2 Å². The molecule has 1 N–H and O–H groups in total. The van der Waals surface area contributed by atoms with Gasteiger partial charge in [0.2, 0.25) is 0 Å². The Morgan fingerprint density at radius 3 is 2.79 bits per heavy atom. The fourth-order valence-electron chi connectivity index (χ4n) is 3.15. The standard InChI is InChI=1S/C21H24N6O/c1-13(2)17(11-22)26-21(28)15(4)25-19-14(3)23-12-24-20(19)27-10-9-16-7-5-6-8-18(16)27/h5-8,12-13,17H,9-10H2,1-4H3,(H,26,28)/b25-15+/t17-/m1/s1. The van der Waals surface area contributed by atoms with Gasteiger partial charge in [-0.15, -0.1) is 0 Å². The topological polar surface area (TPSA) is 94.3 Å². The fourth-order valence-corrected chi connectivity index (χ4v) is 3.15. The van der Waals surface area contributed by atoms with Crippen molar-refractivity contribution >= 4 is 28.8 Å². The third kappa shape index (κ3) is 3.86. The summed E-state index contributed by atoms with van der Waals surface area (Å²) in [5, 5.41) is 11.9. The number of para-hydroxylation sites is 1. The van der Waals surface area contributed by atoms with E-state index in [0.29, 0.717) is 17.2 Å². The Hall–Kier alpha value is -3.27. The first-order valence-corrected chi connectivity index (χ1v) is 9.35. The molecule has 0 unspecified atom stereocenters. The van der Waals surface area contributed by atoms with Crippen LogP contribution in [0, 0.1) is 24.2 Å². The smallest absolute Gasteiger partial charge is 0.266 e. The number of benzene rings is 1. The largest absolute Gasteiger partial charge is 0.335 e. The van der Waals surface area contributed by atoms with Gasteiger partial charge < -0.3 is 10.2 Å². The molecule has 1 amide bonds. The van der Waals surface area contributed by atoms with Crippen LogP contribution < -0.4 is 10.2 Å². The summed E-state index contributed by atoms with van der Waals surface area (Å²) in [5.41, 5.74) is 3.90. The number of amides is 1. The lowest BCUT2D eigenvalue weighted by Crippen LogP contribution is -2.40. The number of aromatic nitrogens is 2. The van der Waals surface area contributed by atoms with Crippen molar-refractivity contribution in [2.24, 2.45) is 10.9 Å². The second-order valence-electron chi connectivity index (χ2n) is 7.18. The van der Waals surface area contributed by atoms with Crippen LogP contribution in [0.25, 0.3) is 0 Å². The molecule has 0 saturated carbocycles. The zero-order chi connectivity index (χ0) is 20.3. The van der Waals surface area contributed by atoms with Gasteiger partial charge in [0, 0.05) is 12.2 Å². The van der Waals surface area contributed by atoms with Gasteiger partial charge in [-0.2, -0.15) is 5.26 Å². The molecule has 144 valence electrons. The molecule has 7 nitrogen and oxygen atoms in total. The maximum Gasteiger partial charge on any atom is 0.266 e. The molecule has 0 aliphatic carbocycles. The number of carbonyl (C=O) groups is 1. The molecule has 2 aromatic rings. The number of aliphatic imine (C=N–C) groups is 1. The van der Waals surface area contributed by atoms with Crippen LogP contribution in [0.15, 0.2) is 35.6 Å². The lowest BCUT2D eigenvalue weighted by molar-refractivity contribution is -0.115. The number of nitrogens with zero attached hydrogens (tertiary/aromatic N) is 5. The molecule has 1 aromatic heterocycles. The van der Waals surface area contributed by atoms with Crippen LogP contribution in [-0.4, -0.2) is 34.2 Å². The third-order valence-electron chi connectivity index (χ3n) is 4.83. The lowest BCUT2D eigenvalue weighted by atomic mass is 10.1. The van der Waals surface area contributed by atoms with E-state index < -0.39 is 6.04 Å². The molecule has 1 aromatic carbocycles. The Balaban J connectivity index is 1.94. The highest BCUT2D eigenvalue weighted by molar-refractivity contribution is 6.38. The first kappa shape index (κ1) is 19.5. The van der Waals surface area contributed by atoms with Gasteiger partial charge in [-0.25, -0.2) is 15.0 Å². The summed E-state index contributed by atoms with van der Waals surface area (Å²) >= 11 is 0. The normalized spacial score (nSPS) is 14.6. The number of anilines is 2. The van der Waals surface area contributed by atoms with Gasteiger partial charge in [0.05, 0.1) is 11.8 Å². The van der Waals surface area contributed by atoms with Crippen LogP contribution in [-0.2, 0) is 11.2 Å². The Bertz CT molecular complexity index is 960. The Morgan fingerprint density at radius 1 is 1.32 bits per heavy atom. The highest BCUT2D eigenvalue weighted by Crippen LogP contribution is 2.38. The summed E-state index contributed by atoms with van der Waals surface area (Å²) in [6.07, 6.45) is 2.45. The molecule has 0 fully saturated rings. The Kier molecular flexibility index (Phi) is 5.69. The predicted molar refractivity (Wildman–Crippen MR) is 109 cm³/mol. The minimum Gasteiger partial charge on any atom is -0.335 e. The van der Waals surface area contributed by atoms with E-state index in [1.807, 2.05) is 32.9 Å². The van der Waals surface area contributed by atoms with E-state index >= 15 is 0 Å². The van der Waals surface area contributed by atoms with Crippen LogP contribution >= 0.6 is 0 Å². The van der Waals surface area contributed by atoms with Crippen LogP contribution in [0.1, 0.15) is 32.0 Å². The summed E-state index contributed by atoms with van der Waals surface area (Å²) in [7, 11) is 0. The summed E-state index contributed by atoms with van der Waals surface area (Å²) in [5.74, 6) is 0.335. The number of nitrogens with one attached hydrogen (secondary N) is 1. The average Bonchev–Trinajstić information content (AvgIpc) is 3.11. The lowest BCUT2D eigenvalue weighted by Gasteiger charge is -2.21. The second-order valence-corrected chi connectivity index (χ2v) is 7.18. The maximum absolute atomic E-state index is 12.5. The summed E-state index contributed by atoms with van der Waals surface area (Å²) in [4.78, 5) is 27.9. The van der Waals surface area contributed by atoms with Crippen molar-refractivity contribution in [2.75, 3.05) is 11.4 Å². The number of nitriles is 1. The monoisotopic (exact) mass is 376 g/mol. The van der Waals surface area contributed by atoms with Crippen molar-refractivity contribution in [3.8, 4) is 6.07 Å². The van der Waals surface area contributed by atoms with Crippen molar-refractivity contribution in [3.63, 3.8) is 0 Å². The van der Waals surface area contributed by atoms with E-state index in [2.05, 4.69) is 43.4 Å². The van der Waals surface area contributed by atoms with E-state index in [9.17, 15) is 10.1 Å². The summed E-state index contributed by atoms with van der Waals surface area (Å²) in [6, 6.07) is 9.75. The average molecular weight is 376 g/mol. The van der Waals surface area contributed by atoms with Crippen LogP contribution in [0.3, 0.4) is 0 Å². The van der Waals surface area contributed by atoms with Crippen LogP contribution in [0.2, 0.25) is 0 Å². The van der Waals surface area contributed by atoms with Crippen molar-refractivity contribution in [3.05, 3.63) is 41.9 Å². The molecule has 3 rings (SSSR count). The number of rotatable bonds is 5. The van der Waals surface area contributed by atoms with Gasteiger partial charge in [-0.05, 0) is 37.8 Å². The molecule has 0 spiro atoms. The van der Waals surface area contributed by atoms with Crippen molar-refractivity contribution in [1.29, 1.82) is 5.26 Å². The van der Waals surface area contributed by atoms with Gasteiger partial charge in [-0.1, -0.05) is 32.0 Å². The first-order valence-electron chi connectivity index (χ1n) is 9.35. The van der Waals surface area contributed by atoms with E-state index in [1.54, 1.807) is 6.92 Å². The number of aryl methyl sites for hydroxylation is 1. The number of hydrogen-bond donors (Lipinski definition) is 1. The third-order valence-corrected chi connectivity index (χ3v) is 4.83. The van der Waals surface area contributed by atoms with Crippen molar-refractivity contribution in [2.45, 2.75) is 40.2 Å². The number of hydrogen-bond acceptors (Lipinski definition) is 6. The van der Waals surface area contributed by atoms with E-state index in [1.165, 1.54) is 11.9 Å². The molecule has 7 heteroatoms. The zero-order valence-corrected chi connectivity index (χ0v) is 16.6. The van der Waals surface area contributed by atoms with Gasteiger partial charge in [0.15, 0.2) is 5.82 Å². The Morgan fingerprint density at radius 2 is 2.07 bits per heavy atom. The number of fused-ring (bicyclic) bond motifs is 1. The summed E-state index contributed by atoms with van der Waals surface area (Å²) < 4.78 is 0. The van der Waals surface area contributed by atoms with Crippen LogP contribution in [0.5, 0.6) is 0 Å². The van der Waals surface area contributed by atoms with E-state index in [4.69, 9.17) is 0 Å². The van der Waals surface area contributed by atoms with Crippen molar-refractivity contribution in [1.82, 2.24) is 15.3 Å².